The average molecular weight is 341 g/mol. The molecule has 1 aliphatic heterocycles. The smallest absolute Gasteiger partial charge is 0.317 e. The molecule has 0 bridgehead atoms. The van der Waals surface area contributed by atoms with Crippen molar-refractivity contribution in [2.45, 2.75) is 25.3 Å². The Morgan fingerprint density at radius 2 is 2.16 bits per heavy atom. The fourth-order valence-electron chi connectivity index (χ4n) is 2.92. The molecule has 1 saturated carbocycles. The molecule has 2 amide bonds. The summed E-state index contributed by atoms with van der Waals surface area (Å²) < 4.78 is 10.8. The third-order valence-electron chi connectivity index (χ3n) is 4.54. The number of amides is 2. The van der Waals surface area contributed by atoms with Gasteiger partial charge in [0.15, 0.2) is 0 Å². The topological polar surface area (TPSA) is 98.5 Å². The number of anilines is 1. The molecule has 8 nitrogen and oxygen atoms in total. The largest absolute Gasteiger partial charge is 0.472 e. The van der Waals surface area contributed by atoms with Crippen molar-refractivity contribution in [2.24, 2.45) is 0 Å². The van der Waals surface area contributed by atoms with E-state index in [1.54, 1.807) is 17.4 Å². The Balaban J connectivity index is 1.33. The summed E-state index contributed by atoms with van der Waals surface area (Å²) in [6.07, 6.45) is 5.36. The molecule has 2 fully saturated rings. The summed E-state index contributed by atoms with van der Waals surface area (Å²) in [6, 6.07) is 3.84. The van der Waals surface area contributed by atoms with Crippen molar-refractivity contribution >= 4 is 11.9 Å². The van der Waals surface area contributed by atoms with Gasteiger partial charge in [-0.15, -0.1) is 0 Å². The van der Waals surface area contributed by atoms with E-state index in [9.17, 15) is 10.1 Å². The predicted molar refractivity (Wildman–Crippen MR) is 87.9 cm³/mol. The first-order valence-electron chi connectivity index (χ1n) is 8.44. The summed E-state index contributed by atoms with van der Waals surface area (Å²) in [6.45, 7) is 2.82. The summed E-state index contributed by atoms with van der Waals surface area (Å²) in [7, 11) is 0. The minimum absolute atomic E-state index is 0.0994. The van der Waals surface area contributed by atoms with E-state index in [1.807, 2.05) is 11.0 Å². The molecule has 1 N–H and O–H groups in total. The first-order chi connectivity index (χ1) is 12.2. The van der Waals surface area contributed by atoms with E-state index < -0.39 is 0 Å². The fraction of sp³-hybridized carbons (Fsp3) is 0.471. The highest BCUT2D eigenvalue weighted by atomic mass is 16.4. The predicted octanol–water partition coefficient (Wildman–Crippen LogP) is 2.05. The third-order valence-corrected chi connectivity index (χ3v) is 4.54. The Kier molecular flexibility index (Phi) is 4.06. The maximum atomic E-state index is 12.2. The zero-order valence-corrected chi connectivity index (χ0v) is 13.8. The highest BCUT2D eigenvalue weighted by Gasteiger charge is 2.32. The number of oxazole rings is 1. The number of nitrogens with zero attached hydrogens (tertiary/aromatic N) is 4. The molecule has 3 heterocycles. The molecule has 1 aliphatic carbocycles. The standard InChI is InChI=1S/C17H19N5O3/c18-9-14-16(25-15(20-14)13-1-2-13)21-4-6-22(7-5-21)17(23)19-10-12-3-8-24-11-12/h3,8,11,13H,1-2,4-7,10H2,(H,19,23). The van der Waals surface area contributed by atoms with Gasteiger partial charge in [0.05, 0.1) is 12.5 Å². The van der Waals surface area contributed by atoms with Crippen LogP contribution in [0.5, 0.6) is 0 Å². The summed E-state index contributed by atoms with van der Waals surface area (Å²) in [5.41, 5.74) is 1.28. The molecular weight excluding hydrogens is 322 g/mol. The number of hydrogen-bond acceptors (Lipinski definition) is 6. The second kappa shape index (κ2) is 6.51. The number of carbonyl (C=O) groups excluding carboxylic acids is 1. The monoisotopic (exact) mass is 341 g/mol. The van der Waals surface area contributed by atoms with Gasteiger partial charge in [-0.05, 0) is 18.9 Å². The van der Waals surface area contributed by atoms with Crippen molar-refractivity contribution in [3.63, 3.8) is 0 Å². The number of nitrogens with one attached hydrogen (secondary N) is 1. The van der Waals surface area contributed by atoms with Crippen molar-refractivity contribution in [2.75, 3.05) is 31.1 Å². The number of carbonyl (C=O) groups is 1. The third kappa shape index (κ3) is 3.31. The van der Waals surface area contributed by atoms with Crippen LogP contribution in [0.3, 0.4) is 0 Å². The molecule has 0 aromatic carbocycles. The lowest BCUT2D eigenvalue weighted by Crippen LogP contribution is -2.51. The molecular formula is C17H19N5O3. The van der Waals surface area contributed by atoms with Crippen molar-refractivity contribution in [3.05, 3.63) is 35.7 Å². The summed E-state index contributed by atoms with van der Waals surface area (Å²) in [5, 5.41) is 12.2. The lowest BCUT2D eigenvalue weighted by Gasteiger charge is -2.34. The highest BCUT2D eigenvalue weighted by Crippen LogP contribution is 2.41. The Morgan fingerprint density at radius 1 is 1.36 bits per heavy atom. The van der Waals surface area contributed by atoms with E-state index in [2.05, 4.69) is 16.4 Å². The van der Waals surface area contributed by atoms with Gasteiger partial charge in [0.1, 0.15) is 6.07 Å². The summed E-state index contributed by atoms with van der Waals surface area (Å²) in [5.74, 6) is 1.59. The van der Waals surface area contributed by atoms with Gasteiger partial charge < -0.3 is 24.0 Å². The van der Waals surface area contributed by atoms with E-state index in [0.717, 1.165) is 18.4 Å². The summed E-state index contributed by atoms with van der Waals surface area (Å²) >= 11 is 0. The number of piperazine rings is 1. The molecule has 25 heavy (non-hydrogen) atoms. The number of nitriles is 1. The zero-order valence-electron chi connectivity index (χ0n) is 13.8. The van der Waals surface area contributed by atoms with Crippen LogP contribution in [-0.4, -0.2) is 42.1 Å². The first kappa shape index (κ1) is 15.6. The lowest BCUT2D eigenvalue weighted by atomic mass is 10.3. The molecule has 8 heteroatoms. The van der Waals surface area contributed by atoms with E-state index in [-0.39, 0.29) is 6.03 Å². The first-order valence-corrected chi connectivity index (χ1v) is 8.44. The molecule has 2 aromatic rings. The van der Waals surface area contributed by atoms with Gasteiger partial charge >= 0.3 is 6.03 Å². The van der Waals surface area contributed by atoms with Gasteiger partial charge in [-0.1, -0.05) is 0 Å². The van der Waals surface area contributed by atoms with Gasteiger partial charge in [0.25, 0.3) is 0 Å². The van der Waals surface area contributed by atoms with E-state index in [4.69, 9.17) is 8.83 Å². The number of aromatic nitrogens is 1. The number of hydrogen-bond donors (Lipinski definition) is 1. The zero-order chi connectivity index (χ0) is 17.2. The maximum absolute atomic E-state index is 12.2. The number of furan rings is 1. The van der Waals surface area contributed by atoms with Crippen molar-refractivity contribution in [3.8, 4) is 6.07 Å². The van der Waals surface area contributed by atoms with Crippen LogP contribution in [0.2, 0.25) is 0 Å². The molecule has 1 saturated heterocycles. The van der Waals surface area contributed by atoms with Crippen LogP contribution < -0.4 is 10.2 Å². The van der Waals surface area contributed by atoms with E-state index >= 15 is 0 Å². The van der Waals surface area contributed by atoms with Crippen LogP contribution in [0.1, 0.15) is 35.9 Å². The Bertz CT molecular complexity index is 780. The van der Waals surface area contributed by atoms with Crippen LogP contribution in [-0.2, 0) is 6.54 Å². The molecule has 0 radical (unpaired) electrons. The fourth-order valence-corrected chi connectivity index (χ4v) is 2.92. The van der Waals surface area contributed by atoms with Crippen LogP contribution >= 0.6 is 0 Å². The van der Waals surface area contributed by atoms with Gasteiger partial charge in [-0.2, -0.15) is 5.26 Å². The van der Waals surface area contributed by atoms with E-state index in [0.29, 0.717) is 56.1 Å². The second-order valence-corrected chi connectivity index (χ2v) is 6.36. The van der Waals surface area contributed by atoms with Crippen LogP contribution in [0.15, 0.2) is 27.4 Å². The maximum Gasteiger partial charge on any atom is 0.317 e. The van der Waals surface area contributed by atoms with Gasteiger partial charge in [0, 0.05) is 44.2 Å². The molecule has 130 valence electrons. The van der Waals surface area contributed by atoms with Gasteiger partial charge in [-0.25, -0.2) is 9.78 Å². The van der Waals surface area contributed by atoms with Crippen molar-refractivity contribution in [1.29, 1.82) is 5.26 Å². The van der Waals surface area contributed by atoms with Crippen LogP contribution in [0.25, 0.3) is 0 Å². The van der Waals surface area contributed by atoms with Gasteiger partial charge in [0.2, 0.25) is 17.5 Å². The Hall–Kier alpha value is -2.95. The highest BCUT2D eigenvalue weighted by molar-refractivity contribution is 5.74. The lowest BCUT2D eigenvalue weighted by molar-refractivity contribution is 0.193. The molecule has 0 spiro atoms. The molecule has 2 aliphatic rings. The molecule has 0 atom stereocenters. The quantitative estimate of drug-likeness (QED) is 0.914. The van der Waals surface area contributed by atoms with Crippen LogP contribution in [0, 0.1) is 11.3 Å². The molecule has 0 unspecified atom stereocenters. The number of rotatable bonds is 4. The average Bonchev–Trinajstić information content (AvgIpc) is 3.20. The van der Waals surface area contributed by atoms with Crippen molar-refractivity contribution in [1.82, 2.24) is 15.2 Å². The summed E-state index contributed by atoms with van der Waals surface area (Å²) in [4.78, 5) is 20.3. The Morgan fingerprint density at radius 3 is 2.80 bits per heavy atom. The second-order valence-electron chi connectivity index (χ2n) is 6.36. The minimum atomic E-state index is -0.0994. The minimum Gasteiger partial charge on any atom is -0.472 e. The SMILES string of the molecule is N#Cc1nc(C2CC2)oc1N1CCN(C(=O)NCc2ccoc2)CC1. The van der Waals surface area contributed by atoms with Crippen molar-refractivity contribution < 1.29 is 13.6 Å². The van der Waals surface area contributed by atoms with E-state index in [1.165, 1.54) is 0 Å². The normalized spacial score (nSPS) is 17.4. The van der Waals surface area contributed by atoms with Crippen LogP contribution in [0.4, 0.5) is 10.7 Å². The molecule has 2 aromatic heterocycles. The molecule has 4 rings (SSSR count). The Labute approximate surface area is 145 Å². The number of urea groups is 1. The van der Waals surface area contributed by atoms with Gasteiger partial charge in [-0.3, -0.25) is 0 Å².